The fraction of sp³-hybridized carbons (Fsp3) is 0.577. The van der Waals surface area contributed by atoms with E-state index in [0.717, 1.165) is 52.4 Å². The molecule has 174 valence electrons. The molecule has 7 heteroatoms. The standard InChI is InChI=1S/C26H32N4OS2/c1-15-25-20(5-8-29-15)24(26-30-21-14-27-7-6-22(21)33-26)23(32-25)11-19(31)4-2-3-16-9-17-12-28-13-18(17)10-16/h6-7,14-18,28-29H,2-5,8-13H2,1H3/t15-,16?,17-,18+/m0/s1. The fourth-order valence-corrected chi connectivity index (χ4v) is 8.79. The van der Waals surface area contributed by atoms with Crippen LogP contribution in [-0.4, -0.2) is 35.4 Å². The molecule has 5 heterocycles. The van der Waals surface area contributed by atoms with Crippen molar-refractivity contribution in [3.63, 3.8) is 0 Å². The molecule has 0 bridgehead atoms. The highest BCUT2D eigenvalue weighted by Gasteiger charge is 2.36. The number of ketones is 1. The lowest BCUT2D eigenvalue weighted by molar-refractivity contribution is -0.118. The molecule has 3 aromatic rings. The Labute approximate surface area is 203 Å². The number of nitrogens with one attached hydrogen (secondary N) is 2. The van der Waals surface area contributed by atoms with Crippen LogP contribution in [0, 0.1) is 17.8 Å². The van der Waals surface area contributed by atoms with E-state index in [9.17, 15) is 4.79 Å². The largest absolute Gasteiger partial charge is 0.316 e. The first-order valence-corrected chi connectivity index (χ1v) is 14.1. The summed E-state index contributed by atoms with van der Waals surface area (Å²) in [6.45, 7) is 5.64. The summed E-state index contributed by atoms with van der Waals surface area (Å²) >= 11 is 3.57. The number of rotatable bonds is 7. The second-order valence-electron chi connectivity index (χ2n) is 10.2. The molecule has 4 atom stereocenters. The number of fused-ring (bicyclic) bond motifs is 3. The smallest absolute Gasteiger partial charge is 0.138 e. The van der Waals surface area contributed by atoms with Crippen LogP contribution in [-0.2, 0) is 17.6 Å². The number of thiophene rings is 1. The minimum Gasteiger partial charge on any atom is -0.316 e. The number of hydrogen-bond acceptors (Lipinski definition) is 7. The van der Waals surface area contributed by atoms with E-state index in [1.165, 1.54) is 53.2 Å². The Morgan fingerprint density at radius 3 is 2.88 bits per heavy atom. The highest BCUT2D eigenvalue weighted by Crippen LogP contribution is 2.44. The summed E-state index contributed by atoms with van der Waals surface area (Å²) in [5.74, 6) is 3.01. The SMILES string of the molecule is C[C@@H]1NCCc2c1sc(CC(=O)CCCC1C[C@H]3CNC[C@H]3C1)c2-c1nc2cnccc2s1. The topological polar surface area (TPSA) is 66.9 Å². The maximum absolute atomic E-state index is 13.1. The molecule has 6 rings (SSSR count). The second kappa shape index (κ2) is 9.17. The van der Waals surface area contributed by atoms with Gasteiger partial charge in [0.25, 0.3) is 0 Å². The van der Waals surface area contributed by atoms with Crippen LogP contribution in [0.1, 0.15) is 60.4 Å². The van der Waals surface area contributed by atoms with Crippen molar-refractivity contribution in [1.82, 2.24) is 20.6 Å². The zero-order valence-electron chi connectivity index (χ0n) is 19.2. The summed E-state index contributed by atoms with van der Waals surface area (Å²) in [6.07, 6.45) is 10.9. The van der Waals surface area contributed by atoms with Crippen molar-refractivity contribution >= 4 is 38.7 Å². The Morgan fingerprint density at radius 2 is 2.06 bits per heavy atom. The molecule has 1 unspecified atom stereocenters. The number of nitrogens with zero attached hydrogens (tertiary/aromatic N) is 2. The van der Waals surface area contributed by atoms with E-state index >= 15 is 0 Å². The Balaban J connectivity index is 1.18. The van der Waals surface area contributed by atoms with Crippen molar-refractivity contribution in [3.05, 3.63) is 33.8 Å². The van der Waals surface area contributed by atoms with E-state index < -0.39 is 0 Å². The minimum atomic E-state index is 0.341. The lowest BCUT2D eigenvalue weighted by Gasteiger charge is -2.20. The number of pyridine rings is 1. The van der Waals surface area contributed by atoms with Crippen LogP contribution < -0.4 is 10.6 Å². The third-order valence-corrected chi connectivity index (χ3v) is 10.4. The average Bonchev–Trinajstić information content (AvgIpc) is 3.55. The monoisotopic (exact) mass is 480 g/mol. The first-order valence-electron chi connectivity index (χ1n) is 12.5. The van der Waals surface area contributed by atoms with Crippen LogP contribution in [0.25, 0.3) is 20.8 Å². The molecule has 0 spiro atoms. The Morgan fingerprint density at radius 1 is 1.21 bits per heavy atom. The second-order valence-corrected chi connectivity index (χ2v) is 12.3. The Kier molecular flexibility index (Phi) is 6.07. The summed E-state index contributed by atoms with van der Waals surface area (Å²) in [6, 6.07) is 2.38. The summed E-state index contributed by atoms with van der Waals surface area (Å²) in [7, 11) is 0. The third-order valence-electron chi connectivity index (χ3n) is 7.91. The maximum atomic E-state index is 13.1. The van der Waals surface area contributed by atoms with Gasteiger partial charge in [-0.05, 0) is 81.6 Å². The van der Waals surface area contributed by atoms with Gasteiger partial charge in [0, 0.05) is 40.4 Å². The number of carbonyl (C=O) groups excluding carboxylic acids is 1. The average molecular weight is 481 g/mol. The number of Topliss-reactive ketones (excluding diaryl/α,β-unsaturated/α-hetero) is 1. The summed E-state index contributed by atoms with van der Waals surface area (Å²) in [4.78, 5) is 24.9. The van der Waals surface area contributed by atoms with Gasteiger partial charge in [-0.25, -0.2) is 4.98 Å². The zero-order chi connectivity index (χ0) is 22.4. The lowest BCUT2D eigenvalue weighted by Crippen LogP contribution is -2.26. The molecular formula is C26H32N4OS2. The fourth-order valence-electron chi connectivity index (χ4n) is 6.28. The number of thiazole rings is 1. The molecule has 3 aliphatic rings. The molecule has 2 aliphatic heterocycles. The molecule has 1 saturated carbocycles. The van der Waals surface area contributed by atoms with Crippen LogP contribution in [0.15, 0.2) is 18.5 Å². The Bertz CT molecular complexity index is 1120. The van der Waals surface area contributed by atoms with Crippen molar-refractivity contribution in [2.45, 2.75) is 57.9 Å². The van der Waals surface area contributed by atoms with Crippen LogP contribution in [0.5, 0.6) is 0 Å². The van der Waals surface area contributed by atoms with Crippen molar-refractivity contribution in [2.75, 3.05) is 19.6 Å². The van der Waals surface area contributed by atoms with Gasteiger partial charge in [-0.2, -0.15) is 0 Å². The molecule has 0 radical (unpaired) electrons. The quantitative estimate of drug-likeness (QED) is 0.489. The minimum absolute atomic E-state index is 0.341. The molecule has 0 amide bonds. The zero-order valence-corrected chi connectivity index (χ0v) is 20.9. The van der Waals surface area contributed by atoms with E-state index in [0.29, 0.717) is 24.7 Å². The molecule has 1 aliphatic carbocycles. The van der Waals surface area contributed by atoms with E-state index in [1.807, 2.05) is 29.8 Å². The van der Waals surface area contributed by atoms with E-state index in [2.05, 4.69) is 22.5 Å². The van der Waals surface area contributed by atoms with Gasteiger partial charge < -0.3 is 10.6 Å². The van der Waals surface area contributed by atoms with Gasteiger partial charge in [-0.1, -0.05) is 6.42 Å². The molecule has 1 saturated heterocycles. The van der Waals surface area contributed by atoms with Gasteiger partial charge in [-0.3, -0.25) is 9.78 Å². The highest BCUT2D eigenvalue weighted by molar-refractivity contribution is 7.22. The molecule has 33 heavy (non-hydrogen) atoms. The van der Waals surface area contributed by atoms with Gasteiger partial charge >= 0.3 is 0 Å². The van der Waals surface area contributed by atoms with Gasteiger partial charge in [-0.15, -0.1) is 22.7 Å². The molecule has 3 aromatic heterocycles. The summed E-state index contributed by atoms with van der Waals surface area (Å²) in [5, 5.41) is 8.17. The van der Waals surface area contributed by atoms with Crippen LogP contribution >= 0.6 is 22.7 Å². The molecule has 2 fully saturated rings. The van der Waals surface area contributed by atoms with E-state index in [1.54, 1.807) is 11.3 Å². The van der Waals surface area contributed by atoms with Crippen molar-refractivity contribution in [3.8, 4) is 10.6 Å². The number of hydrogen-bond donors (Lipinski definition) is 2. The molecular weight excluding hydrogens is 448 g/mol. The molecule has 5 nitrogen and oxygen atoms in total. The lowest BCUT2D eigenvalue weighted by atomic mass is 9.95. The third kappa shape index (κ3) is 4.29. The van der Waals surface area contributed by atoms with Crippen LogP contribution in [0.2, 0.25) is 0 Å². The van der Waals surface area contributed by atoms with Crippen molar-refractivity contribution < 1.29 is 4.79 Å². The predicted molar refractivity (Wildman–Crippen MR) is 136 cm³/mol. The summed E-state index contributed by atoms with van der Waals surface area (Å²) in [5.41, 5.74) is 3.61. The summed E-state index contributed by atoms with van der Waals surface area (Å²) < 4.78 is 1.16. The van der Waals surface area contributed by atoms with Crippen molar-refractivity contribution in [2.24, 2.45) is 17.8 Å². The van der Waals surface area contributed by atoms with Gasteiger partial charge in [0.05, 0.1) is 10.9 Å². The van der Waals surface area contributed by atoms with Crippen LogP contribution in [0.4, 0.5) is 0 Å². The predicted octanol–water partition coefficient (Wildman–Crippen LogP) is 5.15. The highest BCUT2D eigenvalue weighted by atomic mass is 32.1. The normalized spacial score (nSPS) is 26.6. The van der Waals surface area contributed by atoms with Gasteiger partial charge in [0.2, 0.25) is 0 Å². The van der Waals surface area contributed by atoms with E-state index in [-0.39, 0.29) is 0 Å². The van der Waals surface area contributed by atoms with Gasteiger partial charge in [0.1, 0.15) is 16.3 Å². The van der Waals surface area contributed by atoms with Crippen LogP contribution in [0.3, 0.4) is 0 Å². The molecule has 2 N–H and O–H groups in total. The van der Waals surface area contributed by atoms with Gasteiger partial charge in [0.15, 0.2) is 0 Å². The first kappa shape index (κ1) is 21.8. The maximum Gasteiger partial charge on any atom is 0.138 e. The Hall–Kier alpha value is -1.67. The molecule has 0 aromatic carbocycles. The van der Waals surface area contributed by atoms with E-state index in [4.69, 9.17) is 4.98 Å². The number of carbonyl (C=O) groups is 1. The number of aromatic nitrogens is 2. The van der Waals surface area contributed by atoms with Crippen molar-refractivity contribution in [1.29, 1.82) is 0 Å². The first-order chi connectivity index (χ1) is 16.2.